The number of amides is 1. The molecule has 1 saturated carbocycles. The monoisotopic (exact) mass is 528 g/mol. The van der Waals surface area contributed by atoms with Crippen molar-refractivity contribution < 1.29 is 50.2 Å². The van der Waals surface area contributed by atoms with Crippen LogP contribution >= 0.6 is 0 Å². The van der Waals surface area contributed by atoms with Gasteiger partial charge in [0, 0.05) is 29.1 Å². The highest BCUT2D eigenvalue weighted by molar-refractivity contribution is 6.03. The second-order valence-corrected chi connectivity index (χ2v) is 8.22. The van der Waals surface area contributed by atoms with Crippen LogP contribution in [0.3, 0.4) is 0 Å². The first kappa shape index (κ1) is 25.9. The van der Waals surface area contributed by atoms with Crippen molar-refractivity contribution in [3.63, 3.8) is 0 Å². The van der Waals surface area contributed by atoms with Gasteiger partial charge in [0.05, 0.1) is 11.0 Å². The van der Waals surface area contributed by atoms with Crippen LogP contribution in [-0.4, -0.2) is 28.3 Å². The maximum atomic E-state index is 14.6. The minimum Gasteiger partial charge on any atom is -0.478 e. The van der Waals surface area contributed by atoms with E-state index in [0.717, 1.165) is 30.5 Å². The topological polar surface area (TPSA) is 88.5 Å². The minimum atomic E-state index is -5.02. The summed E-state index contributed by atoms with van der Waals surface area (Å²) in [4.78, 5) is 28.1. The molecule has 4 rings (SSSR count). The van der Waals surface area contributed by atoms with Crippen molar-refractivity contribution in [3.05, 3.63) is 77.4 Å². The van der Waals surface area contributed by atoms with E-state index in [1.54, 1.807) is 0 Å². The highest BCUT2D eigenvalue weighted by Gasteiger charge is 2.53. The van der Waals surface area contributed by atoms with Crippen molar-refractivity contribution in [2.75, 3.05) is 5.32 Å². The van der Waals surface area contributed by atoms with Crippen LogP contribution in [0.2, 0.25) is 0 Å². The Labute approximate surface area is 203 Å². The predicted octanol–water partition coefficient (Wildman–Crippen LogP) is 6.17. The lowest BCUT2D eigenvalue weighted by Gasteiger charge is -2.18. The van der Waals surface area contributed by atoms with Gasteiger partial charge in [-0.25, -0.2) is 9.18 Å². The number of carboxylic acids is 1. The summed E-state index contributed by atoms with van der Waals surface area (Å²) in [5, 5.41) is 12.1. The van der Waals surface area contributed by atoms with Crippen molar-refractivity contribution in [1.82, 2.24) is 4.98 Å². The van der Waals surface area contributed by atoms with E-state index < -0.39 is 47.1 Å². The zero-order chi connectivity index (χ0) is 27.2. The van der Waals surface area contributed by atoms with E-state index in [0.29, 0.717) is 12.1 Å². The fourth-order valence-electron chi connectivity index (χ4n) is 3.85. The van der Waals surface area contributed by atoms with Gasteiger partial charge in [0.2, 0.25) is 5.91 Å². The largest absolute Gasteiger partial charge is 0.573 e. The predicted molar refractivity (Wildman–Crippen MR) is 114 cm³/mol. The molecule has 1 aromatic heterocycles. The van der Waals surface area contributed by atoms with Crippen molar-refractivity contribution in [2.45, 2.75) is 30.8 Å². The molecular weight excluding hydrogens is 513 g/mol. The molecule has 1 heterocycles. The Kier molecular flexibility index (Phi) is 6.34. The van der Waals surface area contributed by atoms with E-state index >= 15 is 0 Å². The van der Waals surface area contributed by atoms with Crippen LogP contribution in [0, 0.1) is 5.82 Å². The Morgan fingerprint density at radius 2 is 1.68 bits per heavy atom. The smallest absolute Gasteiger partial charge is 0.478 e. The molecule has 3 aromatic rings. The van der Waals surface area contributed by atoms with E-state index in [-0.39, 0.29) is 40.8 Å². The van der Waals surface area contributed by atoms with E-state index in [1.807, 2.05) is 0 Å². The zero-order valence-corrected chi connectivity index (χ0v) is 18.4. The number of nitrogens with one attached hydrogen (secondary N) is 1. The molecular formula is C24H15F7N2O4. The van der Waals surface area contributed by atoms with Crippen LogP contribution in [-0.2, 0) is 16.4 Å². The number of halogens is 7. The molecule has 0 radical (unpaired) electrons. The van der Waals surface area contributed by atoms with Gasteiger partial charge in [0.25, 0.3) is 0 Å². The first-order valence-corrected chi connectivity index (χ1v) is 10.5. The summed E-state index contributed by atoms with van der Waals surface area (Å²) in [7, 11) is 0. The second kappa shape index (κ2) is 9.05. The molecule has 0 unspecified atom stereocenters. The van der Waals surface area contributed by atoms with Gasteiger partial charge in [-0.15, -0.1) is 13.2 Å². The number of alkyl halides is 6. The van der Waals surface area contributed by atoms with Gasteiger partial charge in [-0.1, -0.05) is 18.2 Å². The molecule has 194 valence electrons. The summed E-state index contributed by atoms with van der Waals surface area (Å²) in [6.45, 7) is 0. The number of carboxylic acid groups (broad SMARTS) is 1. The van der Waals surface area contributed by atoms with Crippen molar-refractivity contribution in [3.8, 4) is 16.9 Å². The highest BCUT2D eigenvalue weighted by Crippen LogP contribution is 2.50. The lowest BCUT2D eigenvalue weighted by atomic mass is 9.93. The van der Waals surface area contributed by atoms with Crippen LogP contribution < -0.4 is 10.1 Å². The van der Waals surface area contributed by atoms with Gasteiger partial charge in [-0.05, 0) is 42.7 Å². The second-order valence-electron chi connectivity index (χ2n) is 8.22. The maximum Gasteiger partial charge on any atom is 0.573 e. The number of carbonyl (C=O) groups excluding carboxylic acids is 1. The van der Waals surface area contributed by atoms with Crippen molar-refractivity contribution >= 4 is 17.6 Å². The first-order valence-electron chi connectivity index (χ1n) is 10.5. The number of rotatable bonds is 6. The normalized spacial score (nSPS) is 14.7. The molecule has 2 N–H and O–H groups in total. The van der Waals surface area contributed by atoms with Crippen LogP contribution in [0.15, 0.2) is 54.7 Å². The Bertz CT molecular complexity index is 1360. The number of carbonyl (C=O) groups is 2. The lowest BCUT2D eigenvalue weighted by Crippen LogP contribution is -2.29. The average Bonchev–Trinajstić information content (AvgIpc) is 3.59. The molecule has 0 aliphatic heterocycles. The Morgan fingerprint density at radius 3 is 2.19 bits per heavy atom. The number of aromatic carboxylic acids is 1. The third-order valence-corrected chi connectivity index (χ3v) is 5.75. The number of benzene rings is 2. The fourth-order valence-corrected chi connectivity index (χ4v) is 3.85. The molecule has 37 heavy (non-hydrogen) atoms. The zero-order valence-electron chi connectivity index (χ0n) is 18.4. The number of anilines is 1. The van der Waals surface area contributed by atoms with Gasteiger partial charge in [-0.3, -0.25) is 9.78 Å². The molecule has 13 heteroatoms. The molecule has 0 spiro atoms. The summed E-state index contributed by atoms with van der Waals surface area (Å²) >= 11 is 0. The first-order chi connectivity index (χ1) is 17.2. The van der Waals surface area contributed by atoms with E-state index in [4.69, 9.17) is 0 Å². The highest BCUT2D eigenvalue weighted by atomic mass is 19.4. The summed E-state index contributed by atoms with van der Waals surface area (Å²) in [5.74, 6) is -4.01. The molecule has 1 aliphatic carbocycles. The molecule has 0 bridgehead atoms. The Balaban J connectivity index is 1.58. The molecule has 6 nitrogen and oxygen atoms in total. The number of nitrogens with zero attached hydrogens (tertiary/aromatic N) is 1. The molecule has 0 atom stereocenters. The van der Waals surface area contributed by atoms with Crippen LogP contribution in [0.25, 0.3) is 11.1 Å². The van der Waals surface area contributed by atoms with E-state index in [2.05, 4.69) is 15.0 Å². The minimum absolute atomic E-state index is 0.00901. The number of ether oxygens (including phenoxy) is 1. The Hall–Kier alpha value is -4.16. The molecule has 2 aromatic carbocycles. The number of aromatic nitrogens is 1. The fraction of sp³-hybridized carbons (Fsp3) is 0.208. The molecule has 1 amide bonds. The van der Waals surface area contributed by atoms with Crippen LogP contribution in [0.4, 0.5) is 36.4 Å². The number of hydrogen-bond acceptors (Lipinski definition) is 4. The lowest BCUT2D eigenvalue weighted by molar-refractivity contribution is -0.274. The van der Waals surface area contributed by atoms with Gasteiger partial charge in [0.1, 0.15) is 17.3 Å². The number of hydrogen-bond donors (Lipinski definition) is 2. The molecule has 1 fully saturated rings. The quantitative estimate of drug-likeness (QED) is 0.374. The third-order valence-electron chi connectivity index (χ3n) is 5.75. The summed E-state index contributed by atoms with van der Waals surface area (Å²) in [6, 6.07) is 7.85. The Morgan fingerprint density at radius 1 is 0.973 bits per heavy atom. The summed E-state index contributed by atoms with van der Waals surface area (Å²) < 4.78 is 93.7. The SMILES string of the molecule is O=C(O)c1cc(NC(=O)C2(c3ccc(OC(F)(F)F)cc3F)CC2)ccc1-c1ccc(C(F)(F)F)nc1. The van der Waals surface area contributed by atoms with Crippen LogP contribution in [0.1, 0.15) is 34.5 Å². The van der Waals surface area contributed by atoms with Crippen molar-refractivity contribution in [2.24, 2.45) is 0 Å². The van der Waals surface area contributed by atoms with E-state index in [9.17, 15) is 45.4 Å². The summed E-state index contributed by atoms with van der Waals surface area (Å²) in [6.07, 6.45) is -8.44. The number of pyridine rings is 1. The van der Waals surface area contributed by atoms with Gasteiger partial charge >= 0.3 is 18.5 Å². The molecule has 0 saturated heterocycles. The van der Waals surface area contributed by atoms with Crippen molar-refractivity contribution in [1.29, 1.82) is 0 Å². The molecule has 1 aliphatic rings. The standard InChI is InChI=1S/C24H15F7N2O4/c25-18-10-14(37-24(29,30)31)3-5-17(18)22(7-8-22)21(36)33-13-2-4-15(16(9-13)20(34)35)12-1-6-19(32-11-12)23(26,27)28/h1-6,9-11H,7-8H2,(H,33,36)(H,34,35). The third kappa shape index (κ3) is 5.49. The van der Waals surface area contributed by atoms with Gasteiger partial charge < -0.3 is 15.2 Å². The van der Waals surface area contributed by atoms with Gasteiger partial charge in [-0.2, -0.15) is 13.2 Å². The van der Waals surface area contributed by atoms with Gasteiger partial charge in [0.15, 0.2) is 0 Å². The summed E-state index contributed by atoms with van der Waals surface area (Å²) in [5.41, 5.74) is -2.88. The average molecular weight is 528 g/mol. The maximum absolute atomic E-state index is 14.6. The van der Waals surface area contributed by atoms with E-state index in [1.165, 1.54) is 12.1 Å². The van der Waals surface area contributed by atoms with Crippen LogP contribution in [0.5, 0.6) is 5.75 Å².